The molecule has 0 spiro atoms. The highest BCUT2D eigenvalue weighted by Gasteiger charge is 2.01. The van der Waals surface area contributed by atoms with Crippen LogP contribution in [0, 0.1) is 0 Å². The van der Waals surface area contributed by atoms with Crippen molar-refractivity contribution in [2.45, 2.75) is 110 Å². The van der Waals surface area contributed by atoms with E-state index in [1.54, 1.807) is 0 Å². The highest BCUT2D eigenvalue weighted by atomic mass is 16.3. The van der Waals surface area contributed by atoms with E-state index >= 15 is 0 Å². The molecule has 28 heavy (non-hydrogen) atoms. The van der Waals surface area contributed by atoms with Crippen LogP contribution in [0.2, 0.25) is 0 Å². The fourth-order valence-corrected chi connectivity index (χ4v) is 3.21. The first-order valence-electron chi connectivity index (χ1n) is 11.5. The van der Waals surface area contributed by atoms with Crippen LogP contribution in [-0.2, 0) is 0 Å². The van der Waals surface area contributed by atoms with Crippen LogP contribution in [0.3, 0.4) is 0 Å². The lowest BCUT2D eigenvalue weighted by molar-refractivity contribution is 0.368. The number of benzene rings is 1. The molecule has 0 aliphatic carbocycles. The summed E-state index contributed by atoms with van der Waals surface area (Å²) in [5.74, 6) is -1.09. The third kappa shape index (κ3) is 16.7. The molecule has 4 heteroatoms. The number of phenolic OH excluding ortho intramolecular Hbond substituents is 3. The van der Waals surface area contributed by atoms with Crippen molar-refractivity contribution in [2.24, 2.45) is 5.73 Å². The van der Waals surface area contributed by atoms with Crippen LogP contribution in [0.4, 0.5) is 0 Å². The van der Waals surface area contributed by atoms with Gasteiger partial charge in [0, 0.05) is 0 Å². The maximum atomic E-state index is 8.71. The van der Waals surface area contributed by atoms with Crippen LogP contribution in [0.5, 0.6) is 17.2 Å². The molecule has 1 aromatic rings. The van der Waals surface area contributed by atoms with Crippen LogP contribution in [0.25, 0.3) is 0 Å². The molecule has 164 valence electrons. The van der Waals surface area contributed by atoms with E-state index in [-0.39, 0.29) is 11.5 Å². The number of phenols is 3. The average Bonchev–Trinajstić information content (AvgIpc) is 2.69. The van der Waals surface area contributed by atoms with Gasteiger partial charge < -0.3 is 21.1 Å². The van der Waals surface area contributed by atoms with Gasteiger partial charge in [0.15, 0.2) is 17.2 Å². The highest BCUT2D eigenvalue weighted by molar-refractivity contribution is 5.47. The van der Waals surface area contributed by atoms with Gasteiger partial charge in [0.1, 0.15) is 0 Å². The monoisotopic (exact) mass is 395 g/mol. The Bertz CT molecular complexity index is 415. The van der Waals surface area contributed by atoms with E-state index in [1.165, 1.54) is 121 Å². The van der Waals surface area contributed by atoms with Gasteiger partial charge in [-0.05, 0) is 25.1 Å². The molecule has 0 atom stereocenters. The average molecular weight is 396 g/mol. The summed E-state index contributed by atoms with van der Waals surface area (Å²) >= 11 is 0. The molecule has 0 saturated heterocycles. The van der Waals surface area contributed by atoms with Crippen molar-refractivity contribution in [3.05, 3.63) is 18.2 Å². The van der Waals surface area contributed by atoms with Crippen molar-refractivity contribution in [2.75, 3.05) is 6.54 Å². The quantitative estimate of drug-likeness (QED) is 0.179. The van der Waals surface area contributed by atoms with Crippen LogP contribution in [-0.4, -0.2) is 21.9 Å². The van der Waals surface area contributed by atoms with E-state index in [4.69, 9.17) is 21.1 Å². The number of nitrogens with two attached hydrogens (primary N) is 1. The Morgan fingerprint density at radius 1 is 0.571 bits per heavy atom. The van der Waals surface area contributed by atoms with E-state index < -0.39 is 5.75 Å². The highest BCUT2D eigenvalue weighted by Crippen LogP contribution is 2.32. The van der Waals surface area contributed by atoms with E-state index in [9.17, 15) is 0 Å². The van der Waals surface area contributed by atoms with Gasteiger partial charge in [0.2, 0.25) is 0 Å². The lowest BCUT2D eigenvalue weighted by atomic mass is 10.0. The minimum Gasteiger partial charge on any atom is -0.504 e. The van der Waals surface area contributed by atoms with E-state index in [1.807, 2.05) is 0 Å². The Labute approximate surface area is 173 Å². The van der Waals surface area contributed by atoms with E-state index in [0.29, 0.717) is 0 Å². The third-order valence-corrected chi connectivity index (χ3v) is 5.05. The number of rotatable bonds is 16. The number of hydrogen-bond acceptors (Lipinski definition) is 4. The molecule has 5 N–H and O–H groups in total. The number of hydrogen-bond donors (Lipinski definition) is 4. The molecular formula is C24H45NO3. The molecule has 0 unspecified atom stereocenters. The largest absolute Gasteiger partial charge is 0.504 e. The molecule has 0 radical (unpaired) electrons. The van der Waals surface area contributed by atoms with Gasteiger partial charge in [-0.1, -0.05) is 109 Å². The van der Waals surface area contributed by atoms with Gasteiger partial charge in [-0.15, -0.1) is 0 Å². The molecule has 0 fully saturated rings. The first kappa shape index (κ1) is 26.6. The molecule has 1 aromatic carbocycles. The second-order valence-electron chi connectivity index (χ2n) is 7.74. The molecule has 0 bridgehead atoms. The maximum Gasteiger partial charge on any atom is 0.200 e. The van der Waals surface area contributed by atoms with Crippen LogP contribution in [0.15, 0.2) is 18.2 Å². The minimum atomic E-state index is -0.475. The molecular weight excluding hydrogens is 350 g/mol. The van der Waals surface area contributed by atoms with Gasteiger partial charge in [-0.25, -0.2) is 0 Å². The molecule has 0 amide bonds. The number of para-hydroxylation sites is 1. The van der Waals surface area contributed by atoms with Crippen molar-refractivity contribution < 1.29 is 15.3 Å². The summed E-state index contributed by atoms with van der Waals surface area (Å²) in [7, 11) is 0. The van der Waals surface area contributed by atoms with Gasteiger partial charge in [0.05, 0.1) is 0 Å². The van der Waals surface area contributed by atoms with Crippen molar-refractivity contribution >= 4 is 0 Å². The van der Waals surface area contributed by atoms with Crippen molar-refractivity contribution in [1.82, 2.24) is 0 Å². The van der Waals surface area contributed by atoms with Crippen LogP contribution < -0.4 is 5.73 Å². The summed E-state index contributed by atoms with van der Waals surface area (Å²) in [6.45, 7) is 3.16. The van der Waals surface area contributed by atoms with Gasteiger partial charge in [0.25, 0.3) is 0 Å². The normalized spacial score (nSPS) is 10.5. The van der Waals surface area contributed by atoms with Gasteiger partial charge >= 0.3 is 0 Å². The molecule has 0 saturated carbocycles. The maximum absolute atomic E-state index is 8.71. The standard InChI is InChI=1S/C18H39N.C6H6O3/c1-2-3-4-5-6-7-8-9-10-11-12-13-14-15-16-17-18-19;7-4-2-1-3-5(8)6(4)9/h2-19H2,1H3;1-3,7-9H. The molecule has 0 aliphatic heterocycles. The van der Waals surface area contributed by atoms with E-state index in [0.717, 1.165) is 6.54 Å². The zero-order valence-corrected chi connectivity index (χ0v) is 18.2. The number of aromatic hydroxyl groups is 3. The zero-order valence-electron chi connectivity index (χ0n) is 18.2. The SMILES string of the molecule is CCCCCCCCCCCCCCCCCCN.Oc1cccc(O)c1O. The van der Waals surface area contributed by atoms with Crippen LogP contribution >= 0.6 is 0 Å². The summed E-state index contributed by atoms with van der Waals surface area (Å²) in [5, 5.41) is 26.1. The zero-order chi connectivity index (χ0) is 20.9. The second-order valence-corrected chi connectivity index (χ2v) is 7.74. The van der Waals surface area contributed by atoms with E-state index in [2.05, 4.69) is 6.92 Å². The van der Waals surface area contributed by atoms with Crippen molar-refractivity contribution in [3.63, 3.8) is 0 Å². The molecule has 0 aliphatic rings. The van der Waals surface area contributed by atoms with Crippen molar-refractivity contribution in [3.8, 4) is 17.2 Å². The Kier molecular flexibility index (Phi) is 19.3. The van der Waals surface area contributed by atoms with Crippen molar-refractivity contribution in [1.29, 1.82) is 0 Å². The Hall–Kier alpha value is -1.42. The predicted molar refractivity (Wildman–Crippen MR) is 120 cm³/mol. The first-order valence-corrected chi connectivity index (χ1v) is 11.5. The second kappa shape index (κ2) is 20.3. The Morgan fingerprint density at radius 2 is 0.893 bits per heavy atom. The fourth-order valence-electron chi connectivity index (χ4n) is 3.21. The summed E-state index contributed by atoms with van der Waals surface area (Å²) in [5.41, 5.74) is 5.48. The summed E-state index contributed by atoms with van der Waals surface area (Å²) in [6.07, 6.45) is 22.9. The fraction of sp³-hybridized carbons (Fsp3) is 0.750. The molecule has 4 nitrogen and oxygen atoms in total. The van der Waals surface area contributed by atoms with Crippen LogP contribution in [0.1, 0.15) is 110 Å². The minimum absolute atomic E-state index is 0.310. The molecule has 0 heterocycles. The molecule has 1 rings (SSSR count). The third-order valence-electron chi connectivity index (χ3n) is 5.05. The van der Waals surface area contributed by atoms with Gasteiger partial charge in [-0.3, -0.25) is 0 Å². The summed E-state index contributed by atoms with van der Waals surface area (Å²) in [6, 6.07) is 4.01. The topological polar surface area (TPSA) is 86.7 Å². The Morgan fingerprint density at radius 3 is 1.18 bits per heavy atom. The lowest BCUT2D eigenvalue weighted by Gasteiger charge is -2.03. The first-order chi connectivity index (χ1) is 13.6. The predicted octanol–water partition coefficient (Wildman–Crippen LogP) is 7.01. The Balaban J connectivity index is 0.000000668. The number of unbranched alkanes of at least 4 members (excludes halogenated alkanes) is 15. The summed E-state index contributed by atoms with van der Waals surface area (Å²) < 4.78 is 0. The molecule has 0 aromatic heterocycles. The lowest BCUT2D eigenvalue weighted by Crippen LogP contribution is -1.97. The smallest absolute Gasteiger partial charge is 0.200 e. The van der Waals surface area contributed by atoms with Gasteiger partial charge in [-0.2, -0.15) is 0 Å². The summed E-state index contributed by atoms with van der Waals surface area (Å²) in [4.78, 5) is 0.